The summed E-state index contributed by atoms with van der Waals surface area (Å²) in [6.45, 7) is 2.55. The van der Waals surface area contributed by atoms with Gasteiger partial charge in [0.1, 0.15) is 19.3 Å². The van der Waals surface area contributed by atoms with Crippen LogP contribution in [0, 0.1) is 0 Å². The topological polar surface area (TPSA) is 94.2 Å². The molecule has 1 unspecified atom stereocenters. The molecule has 8 nitrogen and oxygen atoms in total. The predicted octanol–water partition coefficient (Wildman–Crippen LogP) is 2.12. The van der Waals surface area contributed by atoms with Crippen molar-refractivity contribution in [3.8, 4) is 11.5 Å². The maximum atomic E-state index is 12.6. The van der Waals surface area contributed by atoms with Crippen LogP contribution in [0.25, 0.3) is 0 Å². The van der Waals surface area contributed by atoms with Gasteiger partial charge in [0.05, 0.1) is 18.0 Å². The van der Waals surface area contributed by atoms with Gasteiger partial charge in [0.15, 0.2) is 11.5 Å². The number of carbonyl (C=O) groups excluding carboxylic acids is 1. The average Bonchev–Trinajstić information content (AvgIpc) is 2.82. The highest BCUT2D eigenvalue weighted by Gasteiger charge is 2.25. The number of ether oxygens (including phenoxy) is 3. The molecular formula is C22H26N2O6S. The van der Waals surface area contributed by atoms with Crippen molar-refractivity contribution in [3.63, 3.8) is 0 Å². The quantitative estimate of drug-likeness (QED) is 0.655. The Bertz CT molecular complexity index is 1010. The zero-order valence-electron chi connectivity index (χ0n) is 17.2. The van der Waals surface area contributed by atoms with Crippen molar-refractivity contribution in [2.45, 2.75) is 23.8 Å². The molecule has 0 aromatic heterocycles. The SMILES string of the molecule is O=C(CCCNS(=O)(=O)c1ccc2c(c1)OCCO2)N1CCOC(c2ccccc2)C1. The number of benzene rings is 2. The Morgan fingerprint density at radius 1 is 1.03 bits per heavy atom. The summed E-state index contributed by atoms with van der Waals surface area (Å²) in [4.78, 5) is 14.5. The van der Waals surface area contributed by atoms with Gasteiger partial charge in [-0.2, -0.15) is 0 Å². The van der Waals surface area contributed by atoms with Gasteiger partial charge in [-0.3, -0.25) is 4.79 Å². The maximum Gasteiger partial charge on any atom is 0.240 e. The molecule has 0 saturated carbocycles. The van der Waals surface area contributed by atoms with E-state index in [0.29, 0.717) is 50.8 Å². The molecule has 2 aliphatic rings. The number of hydrogen-bond donors (Lipinski definition) is 1. The minimum atomic E-state index is -3.69. The summed E-state index contributed by atoms with van der Waals surface area (Å²) in [5.41, 5.74) is 1.05. The fourth-order valence-electron chi connectivity index (χ4n) is 3.62. The molecule has 2 aliphatic heterocycles. The molecule has 0 spiro atoms. The summed E-state index contributed by atoms with van der Waals surface area (Å²) in [5, 5.41) is 0. The zero-order chi connectivity index (χ0) is 21.7. The highest BCUT2D eigenvalue weighted by atomic mass is 32.2. The van der Waals surface area contributed by atoms with Gasteiger partial charge in [0, 0.05) is 25.6 Å². The smallest absolute Gasteiger partial charge is 0.240 e. The summed E-state index contributed by atoms with van der Waals surface area (Å²) in [5.74, 6) is 0.961. The van der Waals surface area contributed by atoms with Crippen LogP contribution in [0.1, 0.15) is 24.5 Å². The lowest BCUT2D eigenvalue weighted by Gasteiger charge is -2.33. The third kappa shape index (κ3) is 5.36. The molecule has 31 heavy (non-hydrogen) atoms. The Balaban J connectivity index is 1.26. The Hall–Kier alpha value is -2.62. The molecule has 2 heterocycles. The number of sulfonamides is 1. The van der Waals surface area contributed by atoms with E-state index >= 15 is 0 Å². The van der Waals surface area contributed by atoms with E-state index < -0.39 is 10.0 Å². The summed E-state index contributed by atoms with van der Waals surface area (Å²) in [6, 6.07) is 14.4. The van der Waals surface area contributed by atoms with Crippen LogP contribution in [0.15, 0.2) is 53.4 Å². The number of morpholine rings is 1. The van der Waals surface area contributed by atoms with Crippen molar-refractivity contribution >= 4 is 15.9 Å². The summed E-state index contributed by atoms with van der Waals surface area (Å²) in [6.07, 6.45) is 0.550. The molecule has 0 radical (unpaired) electrons. The first-order valence-corrected chi connectivity index (χ1v) is 11.8. The first kappa shape index (κ1) is 21.6. The number of amides is 1. The van der Waals surface area contributed by atoms with E-state index in [4.69, 9.17) is 14.2 Å². The van der Waals surface area contributed by atoms with Crippen LogP contribution >= 0.6 is 0 Å². The Kier molecular flexibility index (Phi) is 6.74. The van der Waals surface area contributed by atoms with Gasteiger partial charge >= 0.3 is 0 Å². The minimum Gasteiger partial charge on any atom is -0.486 e. The zero-order valence-corrected chi connectivity index (χ0v) is 18.0. The van der Waals surface area contributed by atoms with Gasteiger partial charge in [0.25, 0.3) is 0 Å². The summed E-state index contributed by atoms with van der Waals surface area (Å²) < 4.78 is 44.3. The van der Waals surface area contributed by atoms with Crippen LogP contribution in [-0.2, 0) is 19.6 Å². The monoisotopic (exact) mass is 446 g/mol. The molecule has 166 valence electrons. The van der Waals surface area contributed by atoms with Crippen molar-refractivity contribution in [1.82, 2.24) is 9.62 Å². The van der Waals surface area contributed by atoms with Crippen molar-refractivity contribution in [3.05, 3.63) is 54.1 Å². The van der Waals surface area contributed by atoms with E-state index in [1.54, 1.807) is 11.0 Å². The van der Waals surface area contributed by atoms with Crippen molar-refractivity contribution in [2.24, 2.45) is 0 Å². The molecule has 9 heteroatoms. The maximum absolute atomic E-state index is 12.6. The second kappa shape index (κ2) is 9.67. The molecule has 1 amide bonds. The standard InChI is InChI=1S/C22H26N2O6S/c25-22(24-11-12-28-21(16-24)17-5-2-1-3-6-17)7-4-10-23-31(26,27)18-8-9-19-20(15-18)30-14-13-29-19/h1-3,5-6,8-9,15,21,23H,4,7,10-14,16H2. The Morgan fingerprint density at radius 3 is 2.61 bits per heavy atom. The van der Waals surface area contributed by atoms with Crippen molar-refractivity contribution < 1.29 is 27.4 Å². The molecule has 1 fully saturated rings. The number of hydrogen-bond acceptors (Lipinski definition) is 6. The van der Waals surface area contributed by atoms with Crippen molar-refractivity contribution in [2.75, 3.05) is 39.5 Å². The van der Waals surface area contributed by atoms with Gasteiger partial charge in [-0.25, -0.2) is 13.1 Å². The lowest BCUT2D eigenvalue weighted by Crippen LogP contribution is -2.42. The molecule has 4 rings (SSSR count). The molecule has 2 aromatic carbocycles. The number of fused-ring (bicyclic) bond motifs is 1. The van der Waals surface area contributed by atoms with E-state index in [9.17, 15) is 13.2 Å². The van der Waals surface area contributed by atoms with Gasteiger partial charge in [0.2, 0.25) is 15.9 Å². The van der Waals surface area contributed by atoms with Gasteiger partial charge < -0.3 is 19.1 Å². The largest absolute Gasteiger partial charge is 0.486 e. The fraction of sp³-hybridized carbons (Fsp3) is 0.409. The van der Waals surface area contributed by atoms with E-state index in [-0.39, 0.29) is 29.9 Å². The second-order valence-electron chi connectivity index (χ2n) is 7.42. The first-order valence-electron chi connectivity index (χ1n) is 10.4. The van der Waals surface area contributed by atoms with E-state index in [2.05, 4.69) is 4.72 Å². The Labute approximate surface area is 182 Å². The van der Waals surface area contributed by atoms with Gasteiger partial charge in [-0.05, 0) is 24.1 Å². The molecular weight excluding hydrogens is 420 g/mol. The van der Waals surface area contributed by atoms with E-state index in [1.807, 2.05) is 30.3 Å². The highest BCUT2D eigenvalue weighted by molar-refractivity contribution is 7.89. The Morgan fingerprint density at radius 2 is 1.81 bits per heavy atom. The fourth-order valence-corrected chi connectivity index (χ4v) is 4.71. The molecule has 0 aliphatic carbocycles. The lowest BCUT2D eigenvalue weighted by atomic mass is 10.1. The van der Waals surface area contributed by atoms with Gasteiger partial charge in [-0.15, -0.1) is 0 Å². The summed E-state index contributed by atoms with van der Waals surface area (Å²) in [7, 11) is -3.69. The van der Waals surface area contributed by atoms with Crippen LogP contribution in [0.2, 0.25) is 0 Å². The third-order valence-corrected chi connectivity index (χ3v) is 6.73. The number of carbonyl (C=O) groups is 1. The van der Waals surface area contributed by atoms with Crippen LogP contribution < -0.4 is 14.2 Å². The molecule has 0 bridgehead atoms. The average molecular weight is 447 g/mol. The normalized spacial score (nSPS) is 18.6. The summed E-state index contributed by atoms with van der Waals surface area (Å²) >= 11 is 0. The molecule has 1 saturated heterocycles. The van der Waals surface area contributed by atoms with Gasteiger partial charge in [-0.1, -0.05) is 30.3 Å². The van der Waals surface area contributed by atoms with E-state index in [1.165, 1.54) is 12.1 Å². The minimum absolute atomic E-state index is 0.00255. The highest BCUT2D eigenvalue weighted by Crippen LogP contribution is 2.32. The van der Waals surface area contributed by atoms with E-state index in [0.717, 1.165) is 5.56 Å². The number of rotatable bonds is 7. The number of nitrogens with zero attached hydrogens (tertiary/aromatic N) is 1. The predicted molar refractivity (Wildman–Crippen MR) is 114 cm³/mol. The van der Waals surface area contributed by atoms with Crippen LogP contribution in [0.3, 0.4) is 0 Å². The van der Waals surface area contributed by atoms with Crippen LogP contribution in [0.4, 0.5) is 0 Å². The lowest BCUT2D eigenvalue weighted by molar-refractivity contribution is -0.139. The van der Waals surface area contributed by atoms with Crippen LogP contribution in [-0.4, -0.2) is 58.7 Å². The second-order valence-corrected chi connectivity index (χ2v) is 9.18. The molecule has 1 atom stereocenters. The van der Waals surface area contributed by atoms with Crippen LogP contribution in [0.5, 0.6) is 11.5 Å². The third-order valence-electron chi connectivity index (χ3n) is 5.27. The first-order chi connectivity index (χ1) is 15.0. The molecule has 1 N–H and O–H groups in total. The molecule has 2 aromatic rings. The van der Waals surface area contributed by atoms with Crippen molar-refractivity contribution in [1.29, 1.82) is 0 Å². The number of nitrogens with one attached hydrogen (secondary N) is 1.